The lowest BCUT2D eigenvalue weighted by atomic mass is 9.97. The highest BCUT2D eigenvalue weighted by Crippen LogP contribution is 2.32. The lowest BCUT2D eigenvalue weighted by molar-refractivity contribution is 0.0602. The molecule has 7 heteroatoms. The average Bonchev–Trinajstić information content (AvgIpc) is 3.13. The van der Waals surface area contributed by atoms with Crippen molar-refractivity contribution >= 4 is 11.9 Å². The first-order valence-corrected chi connectivity index (χ1v) is 9.47. The van der Waals surface area contributed by atoms with E-state index in [1.165, 1.54) is 0 Å². The van der Waals surface area contributed by atoms with Crippen molar-refractivity contribution in [2.24, 2.45) is 0 Å². The maximum absolute atomic E-state index is 13.3. The lowest BCUT2D eigenvalue weighted by Gasteiger charge is -2.34. The molecule has 144 valence electrons. The fourth-order valence-corrected chi connectivity index (χ4v) is 3.74. The van der Waals surface area contributed by atoms with E-state index in [-0.39, 0.29) is 17.9 Å². The van der Waals surface area contributed by atoms with E-state index < -0.39 is 0 Å². The van der Waals surface area contributed by atoms with Crippen LogP contribution in [-0.2, 0) is 0 Å². The van der Waals surface area contributed by atoms with E-state index >= 15 is 0 Å². The number of nitrogens with two attached hydrogens (primary N) is 1. The van der Waals surface area contributed by atoms with Crippen LogP contribution in [0.15, 0.2) is 40.9 Å². The Balaban J connectivity index is 1.65. The van der Waals surface area contributed by atoms with Gasteiger partial charge in [0.2, 0.25) is 5.95 Å². The summed E-state index contributed by atoms with van der Waals surface area (Å²) in [5.74, 6) is 0.974. The van der Waals surface area contributed by atoms with E-state index in [9.17, 15) is 4.79 Å². The third-order valence-corrected chi connectivity index (χ3v) is 5.03. The Hall–Kier alpha value is -3.22. The Kier molecular flexibility index (Phi) is 4.81. The third kappa shape index (κ3) is 3.60. The second kappa shape index (κ2) is 7.42. The van der Waals surface area contributed by atoms with Gasteiger partial charge in [-0.05, 0) is 51.3 Å². The van der Waals surface area contributed by atoms with Crippen molar-refractivity contribution in [1.29, 1.82) is 0 Å². The van der Waals surface area contributed by atoms with Crippen LogP contribution in [0.2, 0.25) is 0 Å². The number of hydrogen-bond donors (Lipinski definition) is 1. The fraction of sp³-hybridized carbons (Fsp3) is 0.333. The minimum atomic E-state index is -0.0562. The molecule has 0 radical (unpaired) electrons. The maximum Gasteiger partial charge on any atom is 0.254 e. The van der Waals surface area contributed by atoms with E-state index in [0.29, 0.717) is 17.8 Å². The van der Waals surface area contributed by atoms with Crippen molar-refractivity contribution in [3.05, 3.63) is 59.1 Å². The average molecular weight is 377 g/mol. The minimum Gasteiger partial charge on any atom is -0.368 e. The van der Waals surface area contributed by atoms with Gasteiger partial charge < -0.3 is 15.2 Å². The summed E-state index contributed by atoms with van der Waals surface area (Å²) >= 11 is 0. The molecule has 2 aromatic heterocycles. The van der Waals surface area contributed by atoms with Crippen LogP contribution in [-0.4, -0.2) is 32.5 Å². The molecule has 1 amide bonds. The number of benzene rings is 1. The molecule has 1 aliphatic rings. The first kappa shape index (κ1) is 18.2. The molecule has 2 N–H and O–H groups in total. The van der Waals surface area contributed by atoms with Crippen LogP contribution in [0, 0.1) is 13.8 Å². The van der Waals surface area contributed by atoms with E-state index in [1.54, 1.807) is 0 Å². The van der Waals surface area contributed by atoms with E-state index in [0.717, 1.165) is 42.0 Å². The first-order valence-electron chi connectivity index (χ1n) is 9.47. The Morgan fingerprint density at radius 3 is 2.79 bits per heavy atom. The zero-order valence-corrected chi connectivity index (χ0v) is 16.1. The Labute approximate surface area is 163 Å². The first-order chi connectivity index (χ1) is 13.5. The normalized spacial score (nSPS) is 16.9. The van der Waals surface area contributed by atoms with Crippen molar-refractivity contribution in [2.45, 2.75) is 39.2 Å². The summed E-state index contributed by atoms with van der Waals surface area (Å²) in [6, 6.07) is 11.2. The number of anilines is 1. The van der Waals surface area contributed by atoms with Crippen molar-refractivity contribution in [3.63, 3.8) is 0 Å². The number of hydrogen-bond acceptors (Lipinski definition) is 6. The molecule has 4 rings (SSSR count). The van der Waals surface area contributed by atoms with Crippen LogP contribution in [0.1, 0.15) is 52.8 Å². The van der Waals surface area contributed by atoms with Gasteiger partial charge in [0, 0.05) is 29.4 Å². The van der Waals surface area contributed by atoms with Gasteiger partial charge in [0.25, 0.3) is 5.91 Å². The van der Waals surface area contributed by atoms with Crippen LogP contribution in [0.5, 0.6) is 0 Å². The number of carbonyl (C=O) groups excluding carboxylic acids is 1. The largest absolute Gasteiger partial charge is 0.368 e. The van der Waals surface area contributed by atoms with E-state index in [2.05, 4.69) is 15.1 Å². The molecular formula is C21H23N5O2. The van der Waals surface area contributed by atoms with Gasteiger partial charge in [-0.1, -0.05) is 17.3 Å². The fourth-order valence-electron chi connectivity index (χ4n) is 3.74. The molecule has 28 heavy (non-hydrogen) atoms. The summed E-state index contributed by atoms with van der Waals surface area (Å²) in [5.41, 5.74) is 9.57. The number of aromatic nitrogens is 3. The lowest BCUT2D eigenvalue weighted by Crippen LogP contribution is -2.38. The second-order valence-electron chi connectivity index (χ2n) is 7.21. The van der Waals surface area contributed by atoms with Crippen LogP contribution in [0.25, 0.3) is 11.3 Å². The van der Waals surface area contributed by atoms with Crippen molar-refractivity contribution in [2.75, 3.05) is 12.3 Å². The molecule has 3 heterocycles. The molecule has 0 aliphatic carbocycles. The molecular weight excluding hydrogens is 354 g/mol. The number of amides is 1. The zero-order valence-electron chi connectivity index (χ0n) is 16.1. The monoisotopic (exact) mass is 377 g/mol. The van der Waals surface area contributed by atoms with Gasteiger partial charge in [-0.25, -0.2) is 9.97 Å². The Bertz CT molecular complexity index is 993. The summed E-state index contributed by atoms with van der Waals surface area (Å²) in [4.78, 5) is 23.6. The minimum absolute atomic E-state index is 0.00838. The summed E-state index contributed by atoms with van der Waals surface area (Å²) in [6.45, 7) is 4.44. The van der Waals surface area contributed by atoms with Gasteiger partial charge in [-0.15, -0.1) is 0 Å². The van der Waals surface area contributed by atoms with Gasteiger partial charge in [-0.2, -0.15) is 0 Å². The van der Waals surface area contributed by atoms with Crippen LogP contribution >= 0.6 is 0 Å². The third-order valence-electron chi connectivity index (χ3n) is 5.03. The number of aryl methyl sites for hydroxylation is 2. The van der Waals surface area contributed by atoms with Crippen LogP contribution in [0.4, 0.5) is 5.95 Å². The molecule has 3 aromatic rings. The predicted molar refractivity (Wildman–Crippen MR) is 105 cm³/mol. The van der Waals surface area contributed by atoms with Crippen LogP contribution < -0.4 is 5.73 Å². The molecule has 1 aliphatic heterocycles. The van der Waals surface area contributed by atoms with E-state index in [1.807, 2.05) is 55.1 Å². The number of rotatable bonds is 3. The highest BCUT2D eigenvalue weighted by molar-refractivity contribution is 5.95. The van der Waals surface area contributed by atoms with Crippen LogP contribution in [0.3, 0.4) is 0 Å². The second-order valence-corrected chi connectivity index (χ2v) is 7.21. The molecule has 1 aromatic carbocycles. The molecule has 0 bridgehead atoms. The summed E-state index contributed by atoms with van der Waals surface area (Å²) < 4.78 is 5.24. The topological polar surface area (TPSA) is 98.1 Å². The highest BCUT2D eigenvalue weighted by Gasteiger charge is 2.30. The van der Waals surface area contributed by atoms with Gasteiger partial charge in [-0.3, -0.25) is 4.79 Å². The number of likely N-dealkylation sites (tertiary alicyclic amines) is 1. The number of nitrogen functional groups attached to an aromatic ring is 1. The van der Waals surface area contributed by atoms with Crippen molar-refractivity contribution < 1.29 is 9.32 Å². The predicted octanol–water partition coefficient (Wildman–Crippen LogP) is 3.70. The molecule has 1 atom stereocenters. The van der Waals surface area contributed by atoms with Gasteiger partial charge >= 0.3 is 0 Å². The standard InChI is InChI=1S/C21H23N5O2/c1-13-10-17(24-21(22)23-13)15-6-5-7-16(12-15)20(27)26-9-4-3-8-19(26)18-11-14(2)28-25-18/h5-7,10-12,19H,3-4,8-9H2,1-2H3,(H2,22,23,24)/t19-/m1/s1. The molecule has 0 spiro atoms. The quantitative estimate of drug-likeness (QED) is 0.747. The molecule has 7 nitrogen and oxygen atoms in total. The van der Waals surface area contributed by atoms with Crippen molar-refractivity contribution in [3.8, 4) is 11.3 Å². The maximum atomic E-state index is 13.3. The van der Waals surface area contributed by atoms with Gasteiger partial charge in [0.15, 0.2) is 0 Å². The van der Waals surface area contributed by atoms with Gasteiger partial charge in [0.05, 0.1) is 11.7 Å². The highest BCUT2D eigenvalue weighted by atomic mass is 16.5. The number of piperidine rings is 1. The summed E-state index contributed by atoms with van der Waals surface area (Å²) in [7, 11) is 0. The number of carbonyl (C=O) groups is 1. The summed E-state index contributed by atoms with van der Waals surface area (Å²) in [6.07, 6.45) is 2.94. The summed E-state index contributed by atoms with van der Waals surface area (Å²) in [5, 5.41) is 4.15. The Morgan fingerprint density at radius 1 is 1.18 bits per heavy atom. The molecule has 0 saturated carbocycles. The van der Waals surface area contributed by atoms with Crippen molar-refractivity contribution in [1.82, 2.24) is 20.0 Å². The number of nitrogens with zero attached hydrogens (tertiary/aromatic N) is 4. The molecule has 1 fully saturated rings. The smallest absolute Gasteiger partial charge is 0.254 e. The van der Waals surface area contributed by atoms with E-state index in [4.69, 9.17) is 10.3 Å². The Morgan fingerprint density at radius 2 is 2.04 bits per heavy atom. The van der Waals surface area contributed by atoms with Gasteiger partial charge in [0.1, 0.15) is 11.5 Å². The SMILES string of the molecule is Cc1cc(-c2cccc(C(=O)N3CCCC[C@@H]3c3cc(C)on3)c2)nc(N)n1. The zero-order chi connectivity index (χ0) is 19.7. The molecule has 0 unspecified atom stereocenters. The molecule has 1 saturated heterocycles.